The van der Waals surface area contributed by atoms with Gasteiger partial charge in [-0.3, -0.25) is 14.9 Å². The largest absolute Gasteiger partial charge is 0.490 e. The normalized spacial score (nSPS) is 14.8. The van der Waals surface area contributed by atoms with Crippen molar-refractivity contribution in [1.29, 1.82) is 0 Å². The number of nitrogens with one attached hydrogen (secondary N) is 1. The number of anilines is 1. The van der Waals surface area contributed by atoms with Crippen molar-refractivity contribution in [1.82, 2.24) is 5.32 Å². The van der Waals surface area contributed by atoms with Gasteiger partial charge in [0.05, 0.1) is 22.5 Å². The molecule has 0 spiro atoms. The lowest BCUT2D eigenvalue weighted by atomic mass is 10.1. The van der Waals surface area contributed by atoms with E-state index in [-0.39, 0.29) is 24.5 Å². The van der Waals surface area contributed by atoms with Crippen LogP contribution in [0.2, 0.25) is 5.02 Å². The molecule has 1 N–H and O–H groups in total. The fourth-order valence-corrected chi connectivity index (χ4v) is 3.96. The molecule has 1 aliphatic heterocycles. The van der Waals surface area contributed by atoms with Crippen LogP contribution in [0.3, 0.4) is 0 Å². The van der Waals surface area contributed by atoms with Gasteiger partial charge in [-0.2, -0.15) is 0 Å². The maximum absolute atomic E-state index is 13.1. The minimum Gasteiger partial charge on any atom is -0.490 e. The van der Waals surface area contributed by atoms with E-state index in [1.165, 1.54) is 30.3 Å². The Morgan fingerprint density at radius 1 is 1.09 bits per heavy atom. The Labute approximate surface area is 214 Å². The van der Waals surface area contributed by atoms with E-state index < -0.39 is 23.8 Å². The second-order valence-electron chi connectivity index (χ2n) is 6.79. The molecule has 1 fully saturated rings. The van der Waals surface area contributed by atoms with E-state index in [0.717, 1.165) is 4.90 Å². The van der Waals surface area contributed by atoms with Gasteiger partial charge in [0, 0.05) is 5.02 Å². The summed E-state index contributed by atoms with van der Waals surface area (Å²) in [5.74, 6) is -1.49. The standard InChI is InChI=1S/C23H20ClIN2O7/c1-3-32-18-11-13(10-17(25)20(18)34-12-19(28)33-4-2)9-16-21(29)26-23(31)27(22(16)30)15-7-5-14(24)6-8-15/h5-11H,3-4,12H2,1-2H3,(H,26,29,31)/b16-9+. The highest BCUT2D eigenvalue weighted by Gasteiger charge is 2.36. The van der Waals surface area contributed by atoms with Crippen LogP contribution in [0, 0.1) is 3.57 Å². The topological polar surface area (TPSA) is 111 Å². The third-order valence-corrected chi connectivity index (χ3v) is 5.52. The van der Waals surface area contributed by atoms with Crippen LogP contribution < -0.4 is 19.7 Å². The Balaban J connectivity index is 1.95. The van der Waals surface area contributed by atoms with Crippen molar-refractivity contribution in [2.75, 3.05) is 24.7 Å². The fraction of sp³-hybridized carbons (Fsp3) is 0.217. The summed E-state index contributed by atoms with van der Waals surface area (Å²) in [6.45, 7) is 3.71. The molecule has 1 saturated heterocycles. The van der Waals surface area contributed by atoms with Crippen molar-refractivity contribution >= 4 is 69.8 Å². The lowest BCUT2D eigenvalue weighted by Gasteiger charge is -2.26. The predicted molar refractivity (Wildman–Crippen MR) is 133 cm³/mol. The van der Waals surface area contributed by atoms with Gasteiger partial charge in [0.25, 0.3) is 11.8 Å². The van der Waals surface area contributed by atoms with Gasteiger partial charge in [0.15, 0.2) is 18.1 Å². The SMILES string of the molecule is CCOC(=O)COc1c(I)cc(/C=C2\C(=O)NC(=O)N(c3ccc(Cl)cc3)C2=O)cc1OCC. The highest BCUT2D eigenvalue weighted by molar-refractivity contribution is 14.1. The molecule has 2 aromatic rings. The molecule has 4 amide bonds. The van der Waals surface area contributed by atoms with Gasteiger partial charge >= 0.3 is 12.0 Å². The minimum atomic E-state index is -0.859. The summed E-state index contributed by atoms with van der Waals surface area (Å²) in [7, 11) is 0. The molecule has 0 saturated carbocycles. The van der Waals surface area contributed by atoms with Crippen LogP contribution in [0.25, 0.3) is 6.08 Å². The average molecular weight is 599 g/mol. The molecule has 1 aliphatic rings. The van der Waals surface area contributed by atoms with Crippen LogP contribution in [0.4, 0.5) is 10.5 Å². The Morgan fingerprint density at radius 3 is 2.44 bits per heavy atom. The van der Waals surface area contributed by atoms with Gasteiger partial charge in [0.1, 0.15) is 5.57 Å². The van der Waals surface area contributed by atoms with Crippen LogP contribution in [0.15, 0.2) is 42.0 Å². The number of amides is 4. The van der Waals surface area contributed by atoms with E-state index in [4.69, 9.17) is 25.8 Å². The lowest BCUT2D eigenvalue weighted by Crippen LogP contribution is -2.54. The predicted octanol–water partition coefficient (Wildman–Crippen LogP) is 3.95. The summed E-state index contributed by atoms with van der Waals surface area (Å²) in [6, 6.07) is 8.43. The van der Waals surface area contributed by atoms with Gasteiger partial charge in [-0.1, -0.05) is 11.6 Å². The molecule has 0 aliphatic carbocycles. The molecule has 11 heteroatoms. The van der Waals surface area contributed by atoms with E-state index in [9.17, 15) is 19.2 Å². The van der Waals surface area contributed by atoms with Crippen LogP contribution in [-0.4, -0.2) is 43.6 Å². The number of rotatable bonds is 8. The first-order chi connectivity index (χ1) is 16.2. The number of urea groups is 1. The van der Waals surface area contributed by atoms with E-state index in [1.54, 1.807) is 26.0 Å². The van der Waals surface area contributed by atoms with Crippen LogP contribution in [0.1, 0.15) is 19.4 Å². The number of halogens is 2. The van der Waals surface area contributed by atoms with Gasteiger partial charge in [-0.15, -0.1) is 0 Å². The molecule has 178 valence electrons. The van der Waals surface area contributed by atoms with Crippen molar-refractivity contribution in [2.45, 2.75) is 13.8 Å². The Bertz CT molecular complexity index is 1160. The Morgan fingerprint density at radius 2 is 1.79 bits per heavy atom. The van der Waals surface area contributed by atoms with Crippen LogP contribution in [-0.2, 0) is 19.1 Å². The molecule has 0 atom stereocenters. The summed E-state index contributed by atoms with van der Waals surface area (Å²) in [5, 5.41) is 2.60. The van der Waals surface area contributed by atoms with Crippen molar-refractivity contribution in [2.24, 2.45) is 0 Å². The van der Waals surface area contributed by atoms with Crippen molar-refractivity contribution in [3.05, 3.63) is 56.1 Å². The lowest BCUT2D eigenvalue weighted by molar-refractivity contribution is -0.145. The van der Waals surface area contributed by atoms with Gasteiger partial charge in [0.2, 0.25) is 0 Å². The molecule has 0 unspecified atom stereocenters. The number of nitrogens with zero attached hydrogens (tertiary/aromatic N) is 1. The first-order valence-electron chi connectivity index (χ1n) is 10.2. The maximum Gasteiger partial charge on any atom is 0.344 e. The van der Waals surface area contributed by atoms with E-state index >= 15 is 0 Å². The monoisotopic (exact) mass is 598 g/mol. The average Bonchev–Trinajstić information content (AvgIpc) is 2.77. The molecule has 0 bridgehead atoms. The van der Waals surface area contributed by atoms with Crippen molar-refractivity contribution in [3.8, 4) is 11.5 Å². The zero-order chi connectivity index (χ0) is 24.8. The quantitative estimate of drug-likeness (QED) is 0.212. The second-order valence-corrected chi connectivity index (χ2v) is 8.39. The summed E-state index contributed by atoms with van der Waals surface area (Å²) in [4.78, 5) is 50.4. The van der Waals surface area contributed by atoms with Gasteiger partial charge < -0.3 is 14.2 Å². The van der Waals surface area contributed by atoms with Crippen LogP contribution >= 0.6 is 34.2 Å². The molecule has 0 aromatic heterocycles. The summed E-state index contributed by atoms with van der Waals surface area (Å²) >= 11 is 7.88. The first-order valence-corrected chi connectivity index (χ1v) is 11.6. The van der Waals surface area contributed by atoms with E-state index in [2.05, 4.69) is 5.32 Å². The number of carbonyl (C=O) groups is 4. The highest BCUT2D eigenvalue weighted by atomic mass is 127. The molecule has 34 heavy (non-hydrogen) atoms. The number of carbonyl (C=O) groups excluding carboxylic acids is 4. The van der Waals surface area contributed by atoms with E-state index in [0.29, 0.717) is 32.3 Å². The molecule has 0 radical (unpaired) electrons. The number of benzene rings is 2. The number of esters is 1. The van der Waals surface area contributed by atoms with E-state index in [1.807, 2.05) is 22.6 Å². The van der Waals surface area contributed by atoms with Crippen molar-refractivity contribution < 1.29 is 33.4 Å². The fourth-order valence-electron chi connectivity index (χ4n) is 3.06. The molecule has 2 aromatic carbocycles. The van der Waals surface area contributed by atoms with Gasteiger partial charge in [-0.05, 0) is 84.5 Å². The van der Waals surface area contributed by atoms with Gasteiger partial charge in [-0.25, -0.2) is 14.5 Å². The minimum absolute atomic E-state index is 0.232. The molecular weight excluding hydrogens is 579 g/mol. The molecule has 1 heterocycles. The zero-order valence-corrected chi connectivity index (χ0v) is 21.1. The molecule has 3 rings (SSSR count). The third kappa shape index (κ3) is 5.86. The Hall–Kier alpha value is -3.12. The molecule has 9 nitrogen and oxygen atoms in total. The van der Waals surface area contributed by atoms with Crippen LogP contribution in [0.5, 0.6) is 11.5 Å². The number of hydrogen-bond acceptors (Lipinski definition) is 7. The summed E-state index contributed by atoms with van der Waals surface area (Å²) in [6.07, 6.45) is 1.35. The maximum atomic E-state index is 13.1. The smallest absolute Gasteiger partial charge is 0.344 e. The summed E-state index contributed by atoms with van der Waals surface area (Å²) < 4.78 is 16.7. The number of hydrogen-bond donors (Lipinski definition) is 1. The number of ether oxygens (including phenoxy) is 3. The first kappa shape index (κ1) is 25.5. The zero-order valence-electron chi connectivity index (χ0n) is 18.2. The summed E-state index contributed by atoms with van der Waals surface area (Å²) in [5.41, 5.74) is 0.478. The number of imide groups is 2. The van der Waals surface area contributed by atoms with Crippen molar-refractivity contribution in [3.63, 3.8) is 0 Å². The third-order valence-electron chi connectivity index (χ3n) is 4.47. The second kappa shape index (κ2) is 11.3. The highest BCUT2D eigenvalue weighted by Crippen LogP contribution is 2.35. The Kier molecular flexibility index (Phi) is 8.51. The molecular formula is C23H20ClIN2O7. The number of barbiturate groups is 1.